The second kappa shape index (κ2) is 4.19. The topological polar surface area (TPSA) is 52.9 Å². The molecule has 0 aromatic heterocycles. The molecule has 0 bridgehead atoms. The molecule has 0 saturated heterocycles. The van der Waals surface area contributed by atoms with Gasteiger partial charge in [0.2, 0.25) is 5.91 Å². The first kappa shape index (κ1) is 13.9. The van der Waals surface area contributed by atoms with E-state index in [2.05, 4.69) is 5.10 Å². The van der Waals surface area contributed by atoms with Gasteiger partial charge >= 0.3 is 6.18 Å². The van der Waals surface area contributed by atoms with Crippen LogP contribution in [0.2, 0.25) is 0 Å². The zero-order chi connectivity index (χ0) is 14.7. The highest BCUT2D eigenvalue weighted by Crippen LogP contribution is 2.50. The number of alkyl halides is 3. The standard InChI is InChI=1S/C13H17F3N2O2/c1-7-2-5-10-9(6-7)12(20,13(14,15)16)18(17-10)11(19)8-3-4-8/h7-9,20H,2-6H2,1H3/t7-,9-,12+/m1/s1. The van der Waals surface area contributed by atoms with Crippen molar-refractivity contribution in [3.8, 4) is 0 Å². The van der Waals surface area contributed by atoms with Gasteiger partial charge in [0.05, 0.1) is 5.92 Å². The smallest absolute Gasteiger partial charge is 0.362 e. The predicted octanol–water partition coefficient (Wildman–Crippen LogP) is 2.28. The highest BCUT2D eigenvalue weighted by Gasteiger charge is 2.69. The third-order valence-electron chi connectivity index (χ3n) is 4.52. The van der Waals surface area contributed by atoms with Crippen molar-refractivity contribution in [1.82, 2.24) is 5.01 Å². The van der Waals surface area contributed by atoms with Crippen LogP contribution in [0, 0.1) is 17.8 Å². The maximum atomic E-state index is 13.4. The second-order valence-electron chi connectivity index (χ2n) is 6.17. The fraction of sp³-hybridized carbons (Fsp3) is 0.846. The Morgan fingerprint density at radius 3 is 2.60 bits per heavy atom. The number of amides is 1. The molecule has 2 aliphatic carbocycles. The number of rotatable bonds is 1. The predicted molar refractivity (Wildman–Crippen MR) is 64.5 cm³/mol. The van der Waals surface area contributed by atoms with E-state index in [4.69, 9.17) is 0 Å². The lowest BCUT2D eigenvalue weighted by Gasteiger charge is -2.39. The van der Waals surface area contributed by atoms with Crippen LogP contribution in [0.25, 0.3) is 0 Å². The van der Waals surface area contributed by atoms with E-state index in [1.165, 1.54) is 0 Å². The molecular weight excluding hydrogens is 273 g/mol. The Hall–Kier alpha value is -1.11. The number of nitrogens with zero attached hydrogens (tertiary/aromatic N) is 2. The number of halogens is 3. The molecule has 2 fully saturated rings. The molecule has 0 radical (unpaired) electrons. The average Bonchev–Trinajstić information content (AvgIpc) is 3.14. The first-order valence-corrected chi connectivity index (χ1v) is 6.95. The van der Waals surface area contributed by atoms with Crippen molar-refractivity contribution in [2.45, 2.75) is 50.9 Å². The first-order valence-electron chi connectivity index (χ1n) is 6.95. The van der Waals surface area contributed by atoms with E-state index < -0.39 is 29.6 Å². The Morgan fingerprint density at radius 2 is 2.05 bits per heavy atom. The van der Waals surface area contributed by atoms with Crippen LogP contribution in [0.3, 0.4) is 0 Å². The van der Waals surface area contributed by atoms with Gasteiger partial charge in [-0.3, -0.25) is 4.79 Å². The van der Waals surface area contributed by atoms with Crippen molar-refractivity contribution in [2.75, 3.05) is 0 Å². The van der Waals surface area contributed by atoms with Gasteiger partial charge in [-0.25, -0.2) is 0 Å². The van der Waals surface area contributed by atoms with Crippen molar-refractivity contribution < 1.29 is 23.1 Å². The minimum atomic E-state index is -4.90. The maximum absolute atomic E-state index is 13.4. The quantitative estimate of drug-likeness (QED) is 0.805. The molecule has 1 heterocycles. The van der Waals surface area contributed by atoms with Crippen LogP contribution in [0.15, 0.2) is 5.10 Å². The Kier molecular flexibility index (Phi) is 2.90. The van der Waals surface area contributed by atoms with E-state index in [9.17, 15) is 23.1 Å². The van der Waals surface area contributed by atoms with E-state index in [-0.39, 0.29) is 12.3 Å². The highest BCUT2D eigenvalue weighted by atomic mass is 19.4. The van der Waals surface area contributed by atoms with Crippen molar-refractivity contribution >= 4 is 11.6 Å². The fourth-order valence-electron chi connectivity index (χ4n) is 3.13. The molecule has 4 nitrogen and oxygen atoms in total. The highest BCUT2D eigenvalue weighted by molar-refractivity contribution is 5.94. The lowest BCUT2D eigenvalue weighted by molar-refractivity contribution is -0.318. The van der Waals surface area contributed by atoms with Crippen molar-refractivity contribution in [3.05, 3.63) is 0 Å². The second-order valence-corrected chi connectivity index (χ2v) is 6.17. The van der Waals surface area contributed by atoms with Gasteiger partial charge in [0.25, 0.3) is 5.72 Å². The SMILES string of the molecule is C[C@@H]1CCC2=NN(C(=O)C3CC3)[C@@](O)(C(F)(F)F)[C@@H]2C1. The molecule has 0 aromatic carbocycles. The molecule has 112 valence electrons. The Bertz CT molecular complexity index is 473. The molecule has 3 atom stereocenters. The summed E-state index contributed by atoms with van der Waals surface area (Å²) in [7, 11) is 0. The summed E-state index contributed by atoms with van der Waals surface area (Å²) in [6, 6.07) is 0. The van der Waals surface area contributed by atoms with E-state index >= 15 is 0 Å². The summed E-state index contributed by atoms with van der Waals surface area (Å²) in [5.41, 5.74) is -2.84. The van der Waals surface area contributed by atoms with Crippen LogP contribution in [-0.2, 0) is 4.79 Å². The monoisotopic (exact) mass is 290 g/mol. The molecule has 0 spiro atoms. The minimum absolute atomic E-state index is 0.0869. The van der Waals surface area contributed by atoms with Gasteiger partial charge in [0, 0.05) is 11.6 Å². The van der Waals surface area contributed by atoms with Crippen molar-refractivity contribution in [2.24, 2.45) is 22.9 Å². The Morgan fingerprint density at radius 1 is 1.40 bits per heavy atom. The number of carbonyl (C=O) groups excluding carboxylic acids is 1. The molecule has 3 rings (SSSR count). The zero-order valence-corrected chi connectivity index (χ0v) is 11.2. The third-order valence-corrected chi connectivity index (χ3v) is 4.52. The van der Waals surface area contributed by atoms with Gasteiger partial charge < -0.3 is 5.11 Å². The number of hydrogen-bond donors (Lipinski definition) is 1. The van der Waals surface area contributed by atoms with Crippen LogP contribution in [0.5, 0.6) is 0 Å². The summed E-state index contributed by atoms with van der Waals surface area (Å²) >= 11 is 0. The maximum Gasteiger partial charge on any atom is 0.439 e. The molecule has 2 saturated carbocycles. The molecular formula is C13H17F3N2O2. The Balaban J connectivity index is 1.99. The number of hydrazone groups is 1. The zero-order valence-electron chi connectivity index (χ0n) is 11.2. The van der Waals surface area contributed by atoms with Crippen LogP contribution in [0.1, 0.15) is 39.0 Å². The van der Waals surface area contributed by atoms with Gasteiger partial charge in [-0.1, -0.05) is 6.92 Å². The molecule has 0 unspecified atom stereocenters. The van der Waals surface area contributed by atoms with Crippen LogP contribution in [-0.4, -0.2) is 33.6 Å². The van der Waals surface area contributed by atoms with Crippen molar-refractivity contribution in [1.29, 1.82) is 0 Å². The summed E-state index contributed by atoms with van der Waals surface area (Å²) in [5.74, 6) is -2.14. The van der Waals surface area contributed by atoms with E-state index in [1.54, 1.807) is 0 Å². The molecule has 0 aromatic rings. The third kappa shape index (κ3) is 1.86. The molecule has 1 amide bonds. The number of aliphatic hydroxyl groups is 1. The molecule has 3 aliphatic rings. The molecule has 7 heteroatoms. The average molecular weight is 290 g/mol. The van der Waals surface area contributed by atoms with Gasteiger partial charge in [0.1, 0.15) is 0 Å². The Labute approximate surface area is 114 Å². The number of fused-ring (bicyclic) bond motifs is 1. The molecule has 1 aliphatic heterocycles. The fourth-order valence-corrected chi connectivity index (χ4v) is 3.13. The summed E-state index contributed by atoms with van der Waals surface area (Å²) in [6.45, 7) is 1.86. The summed E-state index contributed by atoms with van der Waals surface area (Å²) in [4.78, 5) is 12.1. The normalized spacial score (nSPS) is 37.6. The molecule has 20 heavy (non-hydrogen) atoms. The number of hydrogen-bond acceptors (Lipinski definition) is 3. The first-order chi connectivity index (χ1) is 9.25. The van der Waals surface area contributed by atoms with Gasteiger partial charge in [-0.15, -0.1) is 0 Å². The van der Waals surface area contributed by atoms with Gasteiger partial charge in [0.15, 0.2) is 0 Å². The number of carbonyl (C=O) groups is 1. The summed E-state index contributed by atoms with van der Waals surface area (Å²) in [5, 5.41) is 14.5. The van der Waals surface area contributed by atoms with Gasteiger partial charge in [-0.2, -0.15) is 23.3 Å². The van der Waals surface area contributed by atoms with Crippen LogP contribution in [0.4, 0.5) is 13.2 Å². The van der Waals surface area contributed by atoms with Crippen molar-refractivity contribution in [3.63, 3.8) is 0 Å². The van der Waals surface area contributed by atoms with E-state index in [1.807, 2.05) is 6.92 Å². The van der Waals surface area contributed by atoms with Crippen LogP contribution >= 0.6 is 0 Å². The summed E-state index contributed by atoms with van der Waals surface area (Å²) < 4.78 is 40.3. The largest absolute Gasteiger partial charge is 0.439 e. The van der Waals surface area contributed by atoms with Crippen LogP contribution < -0.4 is 0 Å². The lowest BCUT2D eigenvalue weighted by Crippen LogP contribution is -2.62. The van der Waals surface area contributed by atoms with E-state index in [0.29, 0.717) is 30.0 Å². The molecule has 1 N–H and O–H groups in total. The van der Waals surface area contributed by atoms with E-state index in [0.717, 1.165) is 6.42 Å². The summed E-state index contributed by atoms with van der Waals surface area (Å²) in [6.07, 6.45) is -2.37. The van der Waals surface area contributed by atoms with Gasteiger partial charge in [-0.05, 0) is 38.0 Å². The minimum Gasteiger partial charge on any atom is -0.362 e. The lowest BCUT2D eigenvalue weighted by atomic mass is 9.76.